The van der Waals surface area contributed by atoms with Crippen LogP contribution in [0.4, 0.5) is 0 Å². The first-order valence-electron chi connectivity index (χ1n) is 6.91. The van der Waals surface area contributed by atoms with Gasteiger partial charge in [0.25, 0.3) is 0 Å². The molecule has 114 valence electrons. The fourth-order valence-corrected chi connectivity index (χ4v) is 3.47. The average molecular weight is 370 g/mol. The molecule has 0 aliphatic heterocycles. The van der Waals surface area contributed by atoms with Crippen molar-refractivity contribution in [1.82, 2.24) is 0 Å². The van der Waals surface area contributed by atoms with Gasteiger partial charge in [-0.3, -0.25) is 0 Å². The molecule has 0 spiro atoms. The number of rotatable bonds is 7. The predicted octanol–water partition coefficient (Wildman–Crippen LogP) is 4.15. The third kappa shape index (κ3) is 4.30. The van der Waals surface area contributed by atoms with Gasteiger partial charge in [0.2, 0.25) is 0 Å². The van der Waals surface area contributed by atoms with Crippen molar-refractivity contribution in [3.8, 4) is 5.75 Å². The largest absolute Gasteiger partial charge is 0.490 e. The Hall–Kier alpha value is -0.880. The van der Waals surface area contributed by atoms with Crippen LogP contribution in [0.3, 0.4) is 0 Å². The molecule has 1 atom stereocenters. The van der Waals surface area contributed by atoms with E-state index in [4.69, 9.17) is 15.2 Å². The fourth-order valence-electron chi connectivity index (χ4n) is 1.98. The van der Waals surface area contributed by atoms with Crippen molar-refractivity contribution in [3.63, 3.8) is 0 Å². The van der Waals surface area contributed by atoms with Crippen molar-refractivity contribution in [1.29, 1.82) is 0 Å². The summed E-state index contributed by atoms with van der Waals surface area (Å²) in [6.07, 6.45) is 1.05. The van der Waals surface area contributed by atoms with Crippen LogP contribution in [0.1, 0.15) is 28.3 Å². The highest BCUT2D eigenvalue weighted by Gasteiger charge is 2.13. The monoisotopic (exact) mass is 369 g/mol. The first-order chi connectivity index (χ1) is 10.2. The first kappa shape index (κ1) is 16.5. The van der Waals surface area contributed by atoms with Gasteiger partial charge in [-0.1, -0.05) is 13.0 Å². The van der Waals surface area contributed by atoms with Gasteiger partial charge < -0.3 is 15.2 Å². The molecule has 1 heterocycles. The molecule has 5 heteroatoms. The minimum absolute atomic E-state index is 0.0976. The lowest BCUT2D eigenvalue weighted by atomic mass is 10.1. The van der Waals surface area contributed by atoms with Crippen LogP contribution in [-0.2, 0) is 11.2 Å². The second kappa shape index (κ2) is 7.94. The fraction of sp³-hybridized carbons (Fsp3) is 0.375. The Labute approximate surface area is 138 Å². The minimum Gasteiger partial charge on any atom is -0.490 e. The van der Waals surface area contributed by atoms with Crippen LogP contribution in [-0.4, -0.2) is 20.3 Å². The number of hydrogen-bond acceptors (Lipinski definition) is 4. The van der Waals surface area contributed by atoms with Crippen molar-refractivity contribution in [2.45, 2.75) is 19.4 Å². The molecule has 0 fully saturated rings. The zero-order chi connectivity index (χ0) is 15.2. The van der Waals surface area contributed by atoms with E-state index in [1.54, 1.807) is 18.4 Å². The van der Waals surface area contributed by atoms with Crippen LogP contribution in [0.15, 0.2) is 34.8 Å². The number of nitrogens with two attached hydrogens (primary N) is 1. The number of ether oxygens (including phenoxy) is 2. The first-order valence-corrected chi connectivity index (χ1v) is 8.52. The summed E-state index contributed by atoms with van der Waals surface area (Å²) in [6, 6.07) is 10.2. The summed E-state index contributed by atoms with van der Waals surface area (Å²) in [6.45, 7) is 3.26. The van der Waals surface area contributed by atoms with Gasteiger partial charge in [0, 0.05) is 16.9 Å². The number of methoxy groups -OCH3 is 1. The molecule has 2 N–H and O–H groups in total. The van der Waals surface area contributed by atoms with Gasteiger partial charge >= 0.3 is 0 Å². The predicted molar refractivity (Wildman–Crippen MR) is 91.2 cm³/mol. The molecule has 0 amide bonds. The summed E-state index contributed by atoms with van der Waals surface area (Å²) in [5, 5.41) is 0. The van der Waals surface area contributed by atoms with Gasteiger partial charge in [0.05, 0.1) is 17.1 Å². The normalized spacial score (nSPS) is 12.4. The number of aryl methyl sites for hydroxylation is 1. The zero-order valence-electron chi connectivity index (χ0n) is 12.3. The summed E-state index contributed by atoms with van der Waals surface area (Å²) in [5.74, 6) is 0.809. The second-order valence-corrected chi connectivity index (χ2v) is 6.72. The van der Waals surface area contributed by atoms with Crippen LogP contribution >= 0.6 is 27.3 Å². The third-order valence-electron chi connectivity index (χ3n) is 3.20. The van der Waals surface area contributed by atoms with E-state index < -0.39 is 0 Å². The summed E-state index contributed by atoms with van der Waals surface area (Å²) in [5.41, 5.74) is 7.43. The van der Waals surface area contributed by atoms with Gasteiger partial charge in [-0.25, -0.2) is 0 Å². The number of hydrogen-bond donors (Lipinski definition) is 1. The lowest BCUT2D eigenvalue weighted by Crippen LogP contribution is -2.10. The summed E-state index contributed by atoms with van der Waals surface area (Å²) < 4.78 is 11.5. The van der Waals surface area contributed by atoms with Gasteiger partial charge in [0.1, 0.15) is 12.4 Å². The number of thiophene rings is 1. The van der Waals surface area contributed by atoms with E-state index >= 15 is 0 Å². The van der Waals surface area contributed by atoms with E-state index in [2.05, 4.69) is 35.0 Å². The highest BCUT2D eigenvalue weighted by molar-refractivity contribution is 9.10. The summed E-state index contributed by atoms with van der Waals surface area (Å²) in [4.78, 5) is 2.55. The van der Waals surface area contributed by atoms with E-state index in [9.17, 15) is 0 Å². The van der Waals surface area contributed by atoms with Gasteiger partial charge in [-0.05, 0) is 52.2 Å². The molecular formula is C16H20BrNO2S. The molecule has 0 saturated heterocycles. The van der Waals surface area contributed by atoms with Crippen LogP contribution in [0.5, 0.6) is 5.75 Å². The Kier molecular flexibility index (Phi) is 6.23. The second-order valence-electron chi connectivity index (χ2n) is 4.67. The standard InChI is InChI=1S/C16H20BrNO2S/c1-3-12-5-7-15(21-12)16(18)11-4-6-14(13(17)10-11)20-9-8-19-2/h4-7,10,16H,3,8-9,18H2,1-2H3. The van der Waals surface area contributed by atoms with Crippen molar-refractivity contribution in [2.24, 2.45) is 5.73 Å². The van der Waals surface area contributed by atoms with Crippen LogP contribution in [0.2, 0.25) is 0 Å². The molecule has 21 heavy (non-hydrogen) atoms. The van der Waals surface area contributed by atoms with Gasteiger partial charge in [-0.15, -0.1) is 11.3 Å². The minimum atomic E-state index is -0.0976. The Morgan fingerprint density at radius 1 is 1.24 bits per heavy atom. The van der Waals surface area contributed by atoms with E-state index in [0.717, 1.165) is 22.2 Å². The van der Waals surface area contributed by atoms with Crippen molar-refractivity contribution in [3.05, 3.63) is 50.1 Å². The lowest BCUT2D eigenvalue weighted by Gasteiger charge is -2.13. The molecule has 2 aromatic rings. The topological polar surface area (TPSA) is 44.5 Å². The van der Waals surface area contributed by atoms with Crippen LogP contribution in [0, 0.1) is 0 Å². The SMILES string of the molecule is CCc1ccc(C(N)c2ccc(OCCOC)c(Br)c2)s1. The maximum absolute atomic E-state index is 6.35. The molecule has 0 bridgehead atoms. The maximum Gasteiger partial charge on any atom is 0.133 e. The third-order valence-corrected chi connectivity index (χ3v) is 5.13. The highest BCUT2D eigenvalue weighted by atomic mass is 79.9. The highest BCUT2D eigenvalue weighted by Crippen LogP contribution is 2.32. The Bertz CT molecular complexity index is 585. The van der Waals surface area contributed by atoms with Crippen LogP contribution < -0.4 is 10.5 Å². The molecule has 3 nitrogen and oxygen atoms in total. The van der Waals surface area contributed by atoms with E-state index in [1.807, 2.05) is 18.2 Å². The van der Waals surface area contributed by atoms with Crippen molar-refractivity contribution in [2.75, 3.05) is 20.3 Å². The van der Waals surface area contributed by atoms with Crippen LogP contribution in [0.25, 0.3) is 0 Å². The Morgan fingerprint density at radius 3 is 2.67 bits per heavy atom. The quantitative estimate of drug-likeness (QED) is 0.745. The molecule has 0 radical (unpaired) electrons. The molecule has 1 aromatic carbocycles. The zero-order valence-corrected chi connectivity index (χ0v) is 14.7. The Balaban J connectivity index is 2.11. The molecule has 1 unspecified atom stereocenters. The smallest absolute Gasteiger partial charge is 0.133 e. The molecule has 1 aromatic heterocycles. The molecule has 0 saturated carbocycles. The van der Waals surface area contributed by atoms with Gasteiger partial charge in [-0.2, -0.15) is 0 Å². The maximum atomic E-state index is 6.35. The number of halogens is 1. The Morgan fingerprint density at radius 2 is 2.05 bits per heavy atom. The molecule has 2 rings (SSSR count). The molecule has 0 aliphatic carbocycles. The van der Waals surface area contributed by atoms with Crippen molar-refractivity contribution < 1.29 is 9.47 Å². The summed E-state index contributed by atoms with van der Waals surface area (Å²) >= 11 is 5.32. The summed E-state index contributed by atoms with van der Waals surface area (Å²) in [7, 11) is 1.66. The lowest BCUT2D eigenvalue weighted by molar-refractivity contribution is 0.146. The number of benzene rings is 1. The van der Waals surface area contributed by atoms with Gasteiger partial charge in [0.15, 0.2) is 0 Å². The molecule has 0 aliphatic rings. The van der Waals surface area contributed by atoms with Crippen molar-refractivity contribution >= 4 is 27.3 Å². The molecular weight excluding hydrogens is 350 g/mol. The van der Waals surface area contributed by atoms with E-state index in [-0.39, 0.29) is 6.04 Å². The average Bonchev–Trinajstić information content (AvgIpc) is 2.97. The van der Waals surface area contributed by atoms with E-state index in [1.165, 1.54) is 9.75 Å². The van der Waals surface area contributed by atoms with E-state index in [0.29, 0.717) is 13.2 Å².